The van der Waals surface area contributed by atoms with Crippen LogP contribution < -0.4 is 0 Å². The van der Waals surface area contributed by atoms with Crippen LogP contribution in [0.3, 0.4) is 0 Å². The van der Waals surface area contributed by atoms with Crippen molar-refractivity contribution in [2.45, 2.75) is 20.8 Å². The average Bonchev–Trinajstić information content (AvgIpc) is 1.81. The zero-order valence-corrected chi connectivity index (χ0v) is 8.97. The molecule has 0 saturated heterocycles. The van der Waals surface area contributed by atoms with Crippen molar-refractivity contribution in [3.8, 4) is 0 Å². The third kappa shape index (κ3) is 5.63. The van der Waals surface area contributed by atoms with Crippen LogP contribution in [-0.4, -0.2) is 31.0 Å². The highest BCUT2D eigenvalue weighted by molar-refractivity contribution is 7.91. The molecule has 0 fully saturated rings. The van der Waals surface area contributed by atoms with Crippen LogP contribution in [0.2, 0.25) is 0 Å². The summed E-state index contributed by atoms with van der Waals surface area (Å²) in [6.45, 7) is 4.99. The molecular weight excluding hydrogens is 192 g/mol. The van der Waals surface area contributed by atoms with Crippen molar-refractivity contribution in [2.75, 3.05) is 11.5 Å². The van der Waals surface area contributed by atoms with Crippen molar-refractivity contribution < 1.29 is 18.3 Å². The minimum absolute atomic E-state index is 0.0472. The molecular formula is C8H16O4S. The van der Waals surface area contributed by atoms with Gasteiger partial charge in [0.25, 0.3) is 0 Å². The molecule has 1 unspecified atom stereocenters. The highest BCUT2D eigenvalue weighted by Crippen LogP contribution is 2.06. The van der Waals surface area contributed by atoms with Crippen molar-refractivity contribution >= 4 is 15.8 Å². The summed E-state index contributed by atoms with van der Waals surface area (Å²) in [7, 11) is -3.21. The van der Waals surface area contributed by atoms with E-state index < -0.39 is 21.7 Å². The number of aliphatic carboxylic acids is 1. The smallest absolute Gasteiger partial charge is 0.307 e. The topological polar surface area (TPSA) is 71.4 Å². The monoisotopic (exact) mass is 208 g/mol. The highest BCUT2D eigenvalue weighted by atomic mass is 32.2. The fourth-order valence-electron chi connectivity index (χ4n) is 1.03. The molecule has 0 aromatic heterocycles. The van der Waals surface area contributed by atoms with E-state index >= 15 is 0 Å². The first-order valence-electron chi connectivity index (χ1n) is 4.18. The number of carbonyl (C=O) groups is 1. The second-order valence-corrected chi connectivity index (χ2v) is 5.86. The van der Waals surface area contributed by atoms with Gasteiger partial charge in [-0.2, -0.15) is 0 Å². The Kier molecular flexibility index (Phi) is 4.39. The Morgan fingerprint density at radius 3 is 2.00 bits per heavy atom. The van der Waals surface area contributed by atoms with Crippen LogP contribution in [0.4, 0.5) is 0 Å². The van der Waals surface area contributed by atoms with Crippen LogP contribution in [0.1, 0.15) is 20.8 Å². The molecule has 13 heavy (non-hydrogen) atoms. The summed E-state index contributed by atoms with van der Waals surface area (Å²) in [6, 6.07) is 0. The second kappa shape index (κ2) is 4.60. The number of rotatable bonds is 5. The van der Waals surface area contributed by atoms with E-state index in [9.17, 15) is 13.2 Å². The molecule has 0 aliphatic carbocycles. The standard InChI is InChI=1S/C8H16O4S/c1-6(2)4-13(11,12)5-7(3)8(9)10/h6-7H,4-5H2,1-3H3,(H,9,10). The van der Waals surface area contributed by atoms with Gasteiger partial charge in [-0.05, 0) is 5.92 Å². The molecule has 5 heteroatoms. The van der Waals surface area contributed by atoms with Crippen LogP contribution in [0.15, 0.2) is 0 Å². The third-order valence-electron chi connectivity index (χ3n) is 1.51. The predicted octanol–water partition coefficient (Wildman–Crippen LogP) is 0.778. The van der Waals surface area contributed by atoms with Crippen LogP contribution in [0.5, 0.6) is 0 Å². The van der Waals surface area contributed by atoms with Gasteiger partial charge in [-0.3, -0.25) is 4.79 Å². The summed E-state index contributed by atoms with van der Waals surface area (Å²) in [4.78, 5) is 10.4. The lowest BCUT2D eigenvalue weighted by Gasteiger charge is -2.09. The van der Waals surface area contributed by atoms with Crippen LogP contribution in [0, 0.1) is 11.8 Å². The van der Waals surface area contributed by atoms with Crippen LogP contribution >= 0.6 is 0 Å². The van der Waals surface area contributed by atoms with E-state index in [0.717, 1.165) is 0 Å². The molecule has 0 rings (SSSR count). The van der Waals surface area contributed by atoms with Gasteiger partial charge in [0, 0.05) is 0 Å². The molecule has 0 heterocycles. The first-order chi connectivity index (χ1) is 5.74. The van der Waals surface area contributed by atoms with E-state index in [2.05, 4.69) is 0 Å². The fraction of sp³-hybridized carbons (Fsp3) is 0.875. The first-order valence-corrected chi connectivity index (χ1v) is 6.00. The Balaban J connectivity index is 4.27. The van der Waals surface area contributed by atoms with Gasteiger partial charge in [0.2, 0.25) is 0 Å². The summed E-state index contributed by atoms with van der Waals surface area (Å²) in [5.74, 6) is -2.03. The number of hydrogen-bond acceptors (Lipinski definition) is 3. The Morgan fingerprint density at radius 1 is 1.23 bits per heavy atom. The van der Waals surface area contributed by atoms with E-state index in [1.54, 1.807) is 13.8 Å². The quantitative estimate of drug-likeness (QED) is 0.724. The molecule has 4 nitrogen and oxygen atoms in total. The number of sulfone groups is 1. The van der Waals surface area contributed by atoms with E-state index in [-0.39, 0.29) is 17.4 Å². The normalized spacial score (nSPS) is 14.5. The molecule has 0 amide bonds. The highest BCUT2D eigenvalue weighted by Gasteiger charge is 2.21. The number of carboxylic acid groups (broad SMARTS) is 1. The molecule has 0 aliphatic heterocycles. The predicted molar refractivity (Wildman–Crippen MR) is 50.3 cm³/mol. The Morgan fingerprint density at radius 2 is 1.69 bits per heavy atom. The zero-order valence-electron chi connectivity index (χ0n) is 8.15. The lowest BCUT2D eigenvalue weighted by Crippen LogP contribution is -2.24. The molecule has 0 aromatic carbocycles. The number of carboxylic acids is 1. The van der Waals surface area contributed by atoms with Gasteiger partial charge in [-0.1, -0.05) is 20.8 Å². The Hall–Kier alpha value is -0.580. The maximum absolute atomic E-state index is 11.3. The SMILES string of the molecule is CC(C)CS(=O)(=O)CC(C)C(=O)O. The van der Waals surface area contributed by atoms with E-state index in [0.29, 0.717) is 0 Å². The van der Waals surface area contributed by atoms with Gasteiger partial charge in [-0.25, -0.2) is 8.42 Å². The first kappa shape index (κ1) is 12.4. The largest absolute Gasteiger partial charge is 0.481 e. The van der Waals surface area contributed by atoms with Crippen molar-refractivity contribution in [2.24, 2.45) is 11.8 Å². The Labute approximate surface area is 78.9 Å². The van der Waals surface area contributed by atoms with Crippen LogP contribution in [0.25, 0.3) is 0 Å². The molecule has 1 N–H and O–H groups in total. The summed E-state index contributed by atoms with van der Waals surface area (Å²) in [5.41, 5.74) is 0. The molecule has 0 saturated carbocycles. The molecule has 0 radical (unpaired) electrons. The Bertz CT molecular complexity index is 266. The summed E-state index contributed by atoms with van der Waals surface area (Å²) in [6.07, 6.45) is 0. The molecule has 1 atom stereocenters. The summed E-state index contributed by atoms with van der Waals surface area (Å²) >= 11 is 0. The fourth-order valence-corrected chi connectivity index (χ4v) is 3.08. The molecule has 0 spiro atoms. The molecule has 78 valence electrons. The summed E-state index contributed by atoms with van der Waals surface area (Å²) < 4.78 is 22.6. The van der Waals surface area contributed by atoms with Gasteiger partial charge in [0.05, 0.1) is 17.4 Å². The molecule has 0 aromatic rings. The summed E-state index contributed by atoms with van der Waals surface area (Å²) in [5, 5.41) is 8.52. The van der Waals surface area contributed by atoms with Gasteiger partial charge < -0.3 is 5.11 Å². The second-order valence-electron chi connectivity index (χ2n) is 3.71. The van der Waals surface area contributed by atoms with Crippen molar-refractivity contribution in [1.82, 2.24) is 0 Å². The van der Waals surface area contributed by atoms with Gasteiger partial charge in [-0.15, -0.1) is 0 Å². The van der Waals surface area contributed by atoms with E-state index in [4.69, 9.17) is 5.11 Å². The zero-order chi connectivity index (χ0) is 10.6. The van der Waals surface area contributed by atoms with Gasteiger partial charge in [0.1, 0.15) is 0 Å². The van der Waals surface area contributed by atoms with Crippen molar-refractivity contribution in [3.05, 3.63) is 0 Å². The van der Waals surface area contributed by atoms with Gasteiger partial charge in [0.15, 0.2) is 9.84 Å². The lowest BCUT2D eigenvalue weighted by molar-refractivity contribution is -0.140. The third-order valence-corrected chi connectivity index (χ3v) is 3.70. The molecule has 0 aliphatic rings. The molecule has 0 bridgehead atoms. The van der Waals surface area contributed by atoms with Crippen LogP contribution in [-0.2, 0) is 14.6 Å². The van der Waals surface area contributed by atoms with Crippen molar-refractivity contribution in [3.63, 3.8) is 0 Å². The van der Waals surface area contributed by atoms with Crippen molar-refractivity contribution in [1.29, 1.82) is 0 Å². The lowest BCUT2D eigenvalue weighted by atomic mass is 10.2. The van der Waals surface area contributed by atoms with Gasteiger partial charge >= 0.3 is 5.97 Å². The van der Waals surface area contributed by atoms with E-state index in [1.807, 2.05) is 0 Å². The minimum Gasteiger partial charge on any atom is -0.481 e. The van der Waals surface area contributed by atoms with E-state index in [1.165, 1.54) is 6.92 Å². The maximum atomic E-state index is 11.3. The average molecular weight is 208 g/mol. The number of hydrogen-bond donors (Lipinski definition) is 1. The minimum atomic E-state index is -3.21. The maximum Gasteiger partial charge on any atom is 0.307 e.